The molecule has 0 saturated carbocycles. The van der Waals surface area contributed by atoms with Gasteiger partial charge in [-0.3, -0.25) is 0 Å². The first kappa shape index (κ1) is 15.6. The van der Waals surface area contributed by atoms with Crippen LogP contribution in [0.5, 0.6) is 0 Å². The minimum Gasteiger partial charge on any atom is -0.468 e. The summed E-state index contributed by atoms with van der Waals surface area (Å²) in [5.41, 5.74) is 6.28. The lowest BCUT2D eigenvalue weighted by atomic mass is 9.96. The summed E-state index contributed by atoms with van der Waals surface area (Å²) >= 11 is 0. The number of nitrogens with two attached hydrogens (primary N) is 1. The van der Waals surface area contributed by atoms with Crippen LogP contribution in [0.1, 0.15) is 24.3 Å². The predicted molar refractivity (Wildman–Crippen MR) is 74.3 cm³/mol. The zero-order chi connectivity index (χ0) is 15.4. The van der Waals surface area contributed by atoms with Crippen LogP contribution in [0.2, 0.25) is 0 Å². The van der Waals surface area contributed by atoms with Crippen molar-refractivity contribution in [1.82, 2.24) is 5.32 Å². The fourth-order valence-corrected chi connectivity index (χ4v) is 2.13. The molecule has 2 rings (SSSR count). The molecule has 1 aromatic carbocycles. The summed E-state index contributed by atoms with van der Waals surface area (Å²) in [5, 5.41) is 12.7. The average Bonchev–Trinajstić information content (AvgIpc) is 2.90. The van der Waals surface area contributed by atoms with Gasteiger partial charge < -0.3 is 20.6 Å². The number of hydrogen-bond donors (Lipinski definition) is 3. The number of halogens is 2. The third-order valence-corrected chi connectivity index (χ3v) is 3.26. The van der Waals surface area contributed by atoms with Gasteiger partial charge in [0.1, 0.15) is 17.4 Å². The molecule has 21 heavy (non-hydrogen) atoms. The highest BCUT2D eigenvalue weighted by atomic mass is 19.1. The van der Waals surface area contributed by atoms with Crippen molar-refractivity contribution in [1.29, 1.82) is 0 Å². The molecule has 0 aliphatic heterocycles. The molecular formula is C15H18F2N2O2. The molecule has 3 atom stereocenters. The van der Waals surface area contributed by atoms with Crippen LogP contribution < -0.4 is 11.1 Å². The topological polar surface area (TPSA) is 71.4 Å². The largest absolute Gasteiger partial charge is 0.468 e. The summed E-state index contributed by atoms with van der Waals surface area (Å²) in [7, 11) is 0. The smallest absolute Gasteiger partial charge is 0.126 e. The van der Waals surface area contributed by atoms with E-state index in [2.05, 4.69) is 5.32 Å². The van der Waals surface area contributed by atoms with Gasteiger partial charge in [-0.05, 0) is 36.8 Å². The first-order valence-electron chi connectivity index (χ1n) is 6.63. The molecule has 0 saturated heterocycles. The number of aliphatic hydroxyl groups excluding tert-OH is 1. The molecule has 2 aromatic rings. The molecule has 0 fully saturated rings. The zero-order valence-corrected chi connectivity index (χ0v) is 11.6. The van der Waals surface area contributed by atoms with Crippen molar-refractivity contribution in [2.45, 2.75) is 31.7 Å². The Hall–Kier alpha value is -1.76. The van der Waals surface area contributed by atoms with Gasteiger partial charge in [0.25, 0.3) is 0 Å². The van der Waals surface area contributed by atoms with E-state index in [1.807, 2.05) is 0 Å². The van der Waals surface area contributed by atoms with Crippen molar-refractivity contribution in [2.75, 3.05) is 0 Å². The minimum atomic E-state index is -0.842. The molecule has 4 N–H and O–H groups in total. The van der Waals surface area contributed by atoms with Gasteiger partial charge in [0.05, 0.1) is 25.0 Å². The molecule has 0 aliphatic rings. The van der Waals surface area contributed by atoms with Gasteiger partial charge in [-0.15, -0.1) is 0 Å². The summed E-state index contributed by atoms with van der Waals surface area (Å²) in [5.74, 6) is -0.713. The maximum atomic E-state index is 13.4. The Bertz CT molecular complexity index is 553. The van der Waals surface area contributed by atoms with Crippen LogP contribution in [-0.2, 0) is 6.54 Å². The van der Waals surface area contributed by atoms with E-state index in [9.17, 15) is 13.9 Å². The molecule has 0 amide bonds. The van der Waals surface area contributed by atoms with Gasteiger partial charge in [0.2, 0.25) is 0 Å². The quantitative estimate of drug-likeness (QED) is 0.763. The van der Waals surface area contributed by atoms with Crippen LogP contribution in [0.15, 0.2) is 41.0 Å². The highest BCUT2D eigenvalue weighted by Gasteiger charge is 2.24. The molecular weight excluding hydrogens is 278 g/mol. The number of nitrogens with one attached hydrogen (secondary N) is 1. The van der Waals surface area contributed by atoms with Crippen LogP contribution in [0.3, 0.4) is 0 Å². The molecule has 114 valence electrons. The highest BCUT2D eigenvalue weighted by Crippen LogP contribution is 2.21. The predicted octanol–water partition coefficient (Wildman–Crippen LogP) is 2.10. The van der Waals surface area contributed by atoms with Crippen LogP contribution in [-0.4, -0.2) is 17.3 Å². The van der Waals surface area contributed by atoms with Gasteiger partial charge in [-0.2, -0.15) is 0 Å². The Morgan fingerprint density at radius 2 is 1.95 bits per heavy atom. The summed E-state index contributed by atoms with van der Waals surface area (Å²) < 4.78 is 31.9. The number of aliphatic hydroxyl groups is 1. The lowest BCUT2D eigenvalue weighted by Gasteiger charge is -2.27. The fraction of sp³-hybridized carbons (Fsp3) is 0.333. The summed E-state index contributed by atoms with van der Waals surface area (Å²) in [6, 6.07) is 5.37. The maximum Gasteiger partial charge on any atom is 0.126 e. The highest BCUT2D eigenvalue weighted by molar-refractivity contribution is 5.23. The van der Waals surface area contributed by atoms with Gasteiger partial charge >= 0.3 is 0 Å². The molecule has 0 spiro atoms. The monoisotopic (exact) mass is 296 g/mol. The van der Waals surface area contributed by atoms with E-state index in [0.717, 1.165) is 6.07 Å². The first-order chi connectivity index (χ1) is 9.97. The second-order valence-corrected chi connectivity index (χ2v) is 4.96. The maximum absolute atomic E-state index is 13.4. The summed E-state index contributed by atoms with van der Waals surface area (Å²) in [6.07, 6.45) is 0.688. The third kappa shape index (κ3) is 4.10. The van der Waals surface area contributed by atoms with Crippen molar-refractivity contribution >= 4 is 0 Å². The Morgan fingerprint density at radius 1 is 1.29 bits per heavy atom. The zero-order valence-electron chi connectivity index (χ0n) is 11.6. The summed E-state index contributed by atoms with van der Waals surface area (Å²) in [4.78, 5) is 0. The Morgan fingerprint density at radius 3 is 2.48 bits per heavy atom. The molecule has 0 bridgehead atoms. The number of hydrogen-bond acceptors (Lipinski definition) is 4. The normalized spacial score (nSPS) is 15.7. The van der Waals surface area contributed by atoms with Gasteiger partial charge in [0.15, 0.2) is 0 Å². The van der Waals surface area contributed by atoms with E-state index in [0.29, 0.717) is 17.9 Å². The van der Waals surface area contributed by atoms with Crippen molar-refractivity contribution in [2.24, 2.45) is 5.73 Å². The van der Waals surface area contributed by atoms with Crippen molar-refractivity contribution in [3.63, 3.8) is 0 Å². The standard InChI is InChI=1S/C15H18F2N2O2/c1-9(20)14(18)15(19-8-13-3-2-4-21-13)10-5-11(16)7-12(17)6-10/h2-7,9,14-15,19-20H,8,18H2,1H3/t9-,14-,15?/m1/s1. The molecule has 4 nitrogen and oxygen atoms in total. The van der Waals surface area contributed by atoms with Crippen molar-refractivity contribution in [3.05, 3.63) is 59.6 Å². The van der Waals surface area contributed by atoms with E-state index in [1.54, 1.807) is 12.1 Å². The number of furan rings is 1. The van der Waals surface area contributed by atoms with E-state index in [4.69, 9.17) is 10.2 Å². The molecule has 0 radical (unpaired) electrons. The van der Waals surface area contributed by atoms with E-state index in [-0.39, 0.29) is 0 Å². The minimum absolute atomic E-state index is 0.330. The lowest BCUT2D eigenvalue weighted by Crippen LogP contribution is -2.44. The lowest BCUT2D eigenvalue weighted by molar-refractivity contribution is 0.141. The van der Waals surface area contributed by atoms with Crippen LogP contribution in [0.25, 0.3) is 0 Å². The second-order valence-electron chi connectivity index (χ2n) is 4.96. The van der Waals surface area contributed by atoms with Crippen molar-refractivity contribution < 1.29 is 18.3 Å². The Labute approximate surface area is 121 Å². The van der Waals surface area contributed by atoms with E-state index < -0.39 is 29.8 Å². The molecule has 1 unspecified atom stereocenters. The van der Waals surface area contributed by atoms with Crippen molar-refractivity contribution in [3.8, 4) is 0 Å². The molecule has 1 heterocycles. The van der Waals surface area contributed by atoms with Crippen LogP contribution in [0, 0.1) is 11.6 Å². The average molecular weight is 296 g/mol. The summed E-state index contributed by atoms with van der Waals surface area (Å²) in [6.45, 7) is 1.86. The first-order valence-corrected chi connectivity index (χ1v) is 6.63. The Balaban J connectivity index is 2.22. The fourth-order valence-electron chi connectivity index (χ4n) is 2.13. The molecule has 6 heteroatoms. The number of rotatable bonds is 6. The van der Waals surface area contributed by atoms with Gasteiger partial charge in [-0.25, -0.2) is 8.78 Å². The van der Waals surface area contributed by atoms with E-state index in [1.165, 1.54) is 25.3 Å². The van der Waals surface area contributed by atoms with E-state index >= 15 is 0 Å². The third-order valence-electron chi connectivity index (χ3n) is 3.26. The van der Waals surface area contributed by atoms with Crippen LogP contribution in [0.4, 0.5) is 8.78 Å². The van der Waals surface area contributed by atoms with Gasteiger partial charge in [-0.1, -0.05) is 0 Å². The molecule has 1 aromatic heterocycles. The number of benzene rings is 1. The molecule has 0 aliphatic carbocycles. The Kier molecular flexibility index (Phi) is 5.06. The van der Waals surface area contributed by atoms with Crippen LogP contribution >= 0.6 is 0 Å². The van der Waals surface area contributed by atoms with Gasteiger partial charge in [0, 0.05) is 12.1 Å². The SMILES string of the molecule is C[C@@H](O)[C@@H](N)C(NCc1ccco1)c1cc(F)cc(F)c1. The second kappa shape index (κ2) is 6.80.